The van der Waals surface area contributed by atoms with Gasteiger partial charge in [0.1, 0.15) is 0 Å². The molecule has 0 fully saturated rings. The van der Waals surface area contributed by atoms with Crippen LogP contribution < -0.4 is 5.30 Å². The molecule has 0 N–H and O–H groups in total. The van der Waals surface area contributed by atoms with Crippen molar-refractivity contribution in [1.29, 1.82) is 0 Å². The number of aryl methyl sites for hydroxylation is 3. The van der Waals surface area contributed by atoms with E-state index in [9.17, 15) is 14.2 Å². The lowest BCUT2D eigenvalue weighted by Crippen LogP contribution is -2.20. The highest BCUT2D eigenvalue weighted by Crippen LogP contribution is 2.49. The Kier molecular flexibility index (Phi) is 4.48. The summed E-state index contributed by atoms with van der Waals surface area (Å²) < 4.78 is 13.3. The molecule has 0 spiro atoms. The van der Waals surface area contributed by atoms with Gasteiger partial charge in [0.05, 0.1) is 0 Å². The fourth-order valence-corrected chi connectivity index (χ4v) is 4.90. The lowest BCUT2D eigenvalue weighted by Gasteiger charge is -2.17. The average molecular weight is 314 g/mol. The molecule has 0 aromatic heterocycles. The first kappa shape index (κ1) is 16.4. The molecule has 0 radical (unpaired) electrons. The number of rotatable bonds is 4. The van der Waals surface area contributed by atoms with E-state index in [1.165, 1.54) is 6.92 Å². The summed E-state index contributed by atoms with van der Waals surface area (Å²) in [4.78, 5) is 25.1. The second-order valence-electron chi connectivity index (χ2n) is 5.54. The number of benzene rings is 2. The number of carbonyl (C=O) groups excluding carboxylic acids is 2. The molecule has 0 amide bonds. The summed E-state index contributed by atoms with van der Waals surface area (Å²) in [6.07, 6.45) is 0. The van der Waals surface area contributed by atoms with Crippen LogP contribution in [-0.2, 0) is 9.36 Å². The van der Waals surface area contributed by atoms with Crippen LogP contribution in [0.4, 0.5) is 0 Å². The van der Waals surface area contributed by atoms with Crippen LogP contribution in [0, 0.1) is 20.8 Å². The van der Waals surface area contributed by atoms with Gasteiger partial charge in [-0.05, 0) is 31.9 Å². The van der Waals surface area contributed by atoms with Crippen molar-refractivity contribution in [2.24, 2.45) is 0 Å². The fraction of sp³-hybridized carbons (Fsp3) is 0.222. The molecule has 0 saturated carbocycles. The second kappa shape index (κ2) is 6.02. The number of hydrogen-bond donors (Lipinski definition) is 0. The average Bonchev–Trinajstić information content (AvgIpc) is 2.45. The van der Waals surface area contributed by atoms with E-state index in [1.807, 2.05) is 32.9 Å². The van der Waals surface area contributed by atoms with Crippen molar-refractivity contribution >= 4 is 23.5 Å². The molecule has 2 rings (SSSR count). The van der Waals surface area contributed by atoms with Crippen LogP contribution in [0.25, 0.3) is 0 Å². The molecule has 1 atom stereocenters. The van der Waals surface area contributed by atoms with Crippen LogP contribution in [0.5, 0.6) is 0 Å². The van der Waals surface area contributed by atoms with Gasteiger partial charge >= 0.3 is 0 Å². The predicted molar refractivity (Wildman–Crippen MR) is 89.3 cm³/mol. The van der Waals surface area contributed by atoms with Gasteiger partial charge in [-0.15, -0.1) is 0 Å². The zero-order valence-corrected chi connectivity index (χ0v) is 14.1. The number of carbonyl (C=O) groups is 2. The molecule has 0 bridgehead atoms. The standard InChI is InChI=1S/C18H19O3P/c1-12-10-13(2)17(14(3)11-12)18(20)22(21,15(4)19)16-8-6-5-7-9-16/h5-11H,1-4H3. The van der Waals surface area contributed by atoms with Crippen molar-refractivity contribution in [3.63, 3.8) is 0 Å². The second-order valence-corrected chi connectivity index (χ2v) is 8.31. The van der Waals surface area contributed by atoms with E-state index in [1.54, 1.807) is 30.3 Å². The van der Waals surface area contributed by atoms with E-state index >= 15 is 0 Å². The highest BCUT2D eigenvalue weighted by Gasteiger charge is 2.40. The molecule has 22 heavy (non-hydrogen) atoms. The molecule has 0 aliphatic rings. The molecule has 1 unspecified atom stereocenters. The highest BCUT2D eigenvalue weighted by atomic mass is 31.2. The van der Waals surface area contributed by atoms with Gasteiger partial charge in [-0.1, -0.05) is 48.0 Å². The minimum atomic E-state index is -3.80. The van der Waals surface area contributed by atoms with Crippen LogP contribution >= 0.6 is 7.14 Å². The Labute approximate surface area is 130 Å². The van der Waals surface area contributed by atoms with Crippen molar-refractivity contribution in [1.82, 2.24) is 0 Å². The minimum absolute atomic E-state index is 0.298. The lowest BCUT2D eigenvalue weighted by atomic mass is 10.0. The van der Waals surface area contributed by atoms with Gasteiger partial charge in [0.2, 0.25) is 12.7 Å². The number of hydrogen-bond acceptors (Lipinski definition) is 3. The maximum atomic E-state index is 13.3. The molecular weight excluding hydrogens is 295 g/mol. The van der Waals surface area contributed by atoms with Crippen LogP contribution in [0.2, 0.25) is 0 Å². The van der Waals surface area contributed by atoms with Gasteiger partial charge in [0.15, 0.2) is 5.52 Å². The molecule has 2 aromatic rings. The Morgan fingerprint density at radius 2 is 1.41 bits per heavy atom. The molecule has 0 saturated heterocycles. The van der Waals surface area contributed by atoms with Crippen molar-refractivity contribution in [3.05, 3.63) is 64.7 Å². The van der Waals surface area contributed by atoms with Crippen molar-refractivity contribution in [2.75, 3.05) is 0 Å². The van der Waals surface area contributed by atoms with Gasteiger partial charge in [-0.3, -0.25) is 9.59 Å². The summed E-state index contributed by atoms with van der Waals surface area (Å²) in [7, 11) is -3.80. The summed E-state index contributed by atoms with van der Waals surface area (Å²) in [5.41, 5.74) is 1.78. The zero-order valence-electron chi connectivity index (χ0n) is 13.2. The van der Waals surface area contributed by atoms with Gasteiger partial charge in [-0.25, -0.2) is 0 Å². The van der Waals surface area contributed by atoms with Crippen molar-refractivity contribution in [3.8, 4) is 0 Å². The van der Waals surface area contributed by atoms with E-state index in [0.29, 0.717) is 10.9 Å². The van der Waals surface area contributed by atoms with E-state index < -0.39 is 18.2 Å². The molecule has 0 heterocycles. The summed E-state index contributed by atoms with van der Waals surface area (Å²) in [6, 6.07) is 12.0. The van der Waals surface area contributed by atoms with Crippen molar-refractivity contribution < 1.29 is 14.2 Å². The Bertz CT molecular complexity index is 768. The summed E-state index contributed by atoms with van der Waals surface area (Å²) >= 11 is 0. The lowest BCUT2D eigenvalue weighted by molar-refractivity contribution is -0.109. The van der Waals surface area contributed by atoms with Gasteiger partial charge < -0.3 is 4.57 Å². The predicted octanol–water partition coefficient (Wildman–Crippen LogP) is 3.99. The molecule has 2 aromatic carbocycles. The van der Waals surface area contributed by atoms with Crippen LogP contribution in [0.1, 0.15) is 34.0 Å². The van der Waals surface area contributed by atoms with E-state index in [4.69, 9.17) is 0 Å². The summed E-state index contributed by atoms with van der Waals surface area (Å²) in [5, 5.41) is 0.298. The molecule has 0 aliphatic heterocycles. The molecular formula is C18H19O3P. The van der Waals surface area contributed by atoms with Gasteiger partial charge in [0, 0.05) is 17.8 Å². The Morgan fingerprint density at radius 1 is 0.909 bits per heavy atom. The third-order valence-electron chi connectivity index (χ3n) is 3.74. The van der Waals surface area contributed by atoms with Gasteiger partial charge in [0.25, 0.3) is 0 Å². The third-order valence-corrected chi connectivity index (χ3v) is 6.45. The Morgan fingerprint density at radius 3 is 1.86 bits per heavy atom. The molecule has 3 nitrogen and oxygen atoms in total. The maximum Gasteiger partial charge on any atom is 0.243 e. The third kappa shape index (κ3) is 2.69. The molecule has 0 aliphatic carbocycles. The van der Waals surface area contributed by atoms with Crippen LogP contribution in [-0.4, -0.2) is 11.0 Å². The highest BCUT2D eigenvalue weighted by molar-refractivity contribution is 8.00. The molecule has 4 heteroatoms. The van der Waals surface area contributed by atoms with E-state index in [0.717, 1.165) is 16.7 Å². The van der Waals surface area contributed by atoms with E-state index in [2.05, 4.69) is 0 Å². The quantitative estimate of drug-likeness (QED) is 0.802. The monoisotopic (exact) mass is 314 g/mol. The maximum absolute atomic E-state index is 13.3. The Balaban J connectivity index is 2.69. The smallest absolute Gasteiger partial charge is 0.243 e. The van der Waals surface area contributed by atoms with E-state index in [-0.39, 0.29) is 0 Å². The van der Waals surface area contributed by atoms with Gasteiger partial charge in [-0.2, -0.15) is 0 Å². The van der Waals surface area contributed by atoms with Crippen molar-refractivity contribution in [2.45, 2.75) is 27.7 Å². The minimum Gasteiger partial charge on any atom is -0.302 e. The largest absolute Gasteiger partial charge is 0.302 e. The van der Waals surface area contributed by atoms with Crippen LogP contribution in [0.3, 0.4) is 0 Å². The normalized spacial score (nSPS) is 13.5. The topological polar surface area (TPSA) is 51.2 Å². The Hall–Kier alpha value is -1.99. The zero-order chi connectivity index (χ0) is 16.5. The SMILES string of the molecule is CC(=O)P(=O)(C(=O)c1c(C)cc(C)cc1C)c1ccccc1. The first-order valence-corrected chi connectivity index (χ1v) is 8.78. The molecule has 114 valence electrons. The fourth-order valence-electron chi connectivity index (χ4n) is 2.75. The summed E-state index contributed by atoms with van der Waals surface area (Å²) in [5.74, 6) is 0. The van der Waals surface area contributed by atoms with Crippen LogP contribution in [0.15, 0.2) is 42.5 Å². The first-order chi connectivity index (χ1) is 10.3. The summed E-state index contributed by atoms with van der Waals surface area (Å²) in [6.45, 7) is 6.78. The first-order valence-electron chi connectivity index (χ1n) is 7.08.